The van der Waals surface area contributed by atoms with Crippen LogP contribution in [0, 0.1) is 0 Å². The van der Waals surface area contributed by atoms with Gasteiger partial charge in [-0.15, -0.1) is 0 Å². The molecule has 0 aliphatic heterocycles. The SMILES string of the molecule is CC(C)(C)OC(=O)C(C)(C)c1nc2ccnc(Cl)c2c2cc(Br)ccc12. The van der Waals surface area contributed by atoms with Crippen LogP contribution < -0.4 is 0 Å². The summed E-state index contributed by atoms with van der Waals surface area (Å²) in [4.78, 5) is 21.8. The number of benzene rings is 1. The number of nitrogens with zero attached hydrogens (tertiary/aromatic N) is 2. The standard InChI is InChI=1S/C20H20BrClN2O2/c1-19(2,3)26-18(25)20(4,5)16-12-7-6-11(21)10-13(12)15-14(24-16)8-9-23-17(15)22/h6-10H,1-5H3. The van der Waals surface area contributed by atoms with Gasteiger partial charge in [-0.25, -0.2) is 4.98 Å². The van der Waals surface area contributed by atoms with Crippen molar-refractivity contribution in [2.24, 2.45) is 0 Å². The van der Waals surface area contributed by atoms with E-state index in [1.54, 1.807) is 12.3 Å². The molecule has 2 aromatic heterocycles. The maximum absolute atomic E-state index is 12.9. The maximum atomic E-state index is 12.9. The van der Waals surface area contributed by atoms with Crippen LogP contribution >= 0.6 is 27.5 Å². The lowest BCUT2D eigenvalue weighted by Crippen LogP contribution is -2.37. The highest BCUT2D eigenvalue weighted by Gasteiger charge is 2.37. The van der Waals surface area contributed by atoms with Crippen molar-refractivity contribution in [3.05, 3.63) is 45.8 Å². The summed E-state index contributed by atoms with van der Waals surface area (Å²) in [6.07, 6.45) is 1.62. The van der Waals surface area contributed by atoms with Gasteiger partial charge in [-0.2, -0.15) is 0 Å². The van der Waals surface area contributed by atoms with Crippen molar-refractivity contribution in [3.63, 3.8) is 0 Å². The molecule has 0 saturated carbocycles. The summed E-state index contributed by atoms with van der Waals surface area (Å²) < 4.78 is 6.55. The van der Waals surface area contributed by atoms with E-state index in [-0.39, 0.29) is 5.97 Å². The van der Waals surface area contributed by atoms with Crippen LogP contribution in [-0.4, -0.2) is 21.5 Å². The Morgan fingerprint density at radius 1 is 1.12 bits per heavy atom. The normalized spacial score (nSPS) is 12.6. The predicted molar refractivity (Wildman–Crippen MR) is 109 cm³/mol. The largest absolute Gasteiger partial charge is 0.459 e. The minimum Gasteiger partial charge on any atom is -0.459 e. The number of hydrogen-bond acceptors (Lipinski definition) is 4. The lowest BCUT2D eigenvalue weighted by Gasteiger charge is -2.29. The highest BCUT2D eigenvalue weighted by atomic mass is 79.9. The first kappa shape index (κ1) is 19.1. The first-order valence-corrected chi connectivity index (χ1v) is 9.45. The molecule has 0 aliphatic carbocycles. The molecule has 1 aromatic carbocycles. The first-order valence-electron chi connectivity index (χ1n) is 8.28. The van der Waals surface area contributed by atoms with E-state index in [1.165, 1.54) is 0 Å². The zero-order chi connectivity index (χ0) is 19.3. The van der Waals surface area contributed by atoms with E-state index in [9.17, 15) is 4.79 Å². The second-order valence-electron chi connectivity index (χ2n) is 7.77. The molecule has 4 nitrogen and oxygen atoms in total. The van der Waals surface area contributed by atoms with Gasteiger partial charge in [0.15, 0.2) is 0 Å². The molecule has 6 heteroatoms. The monoisotopic (exact) mass is 434 g/mol. The van der Waals surface area contributed by atoms with Crippen molar-refractivity contribution in [2.75, 3.05) is 0 Å². The number of fused-ring (bicyclic) bond motifs is 3. The average molecular weight is 436 g/mol. The van der Waals surface area contributed by atoms with Gasteiger partial charge >= 0.3 is 5.97 Å². The van der Waals surface area contributed by atoms with Gasteiger partial charge in [-0.1, -0.05) is 33.6 Å². The van der Waals surface area contributed by atoms with Gasteiger partial charge in [0.25, 0.3) is 0 Å². The quantitative estimate of drug-likeness (QED) is 0.289. The number of rotatable bonds is 2. The van der Waals surface area contributed by atoms with Gasteiger partial charge in [0, 0.05) is 21.4 Å². The van der Waals surface area contributed by atoms with E-state index in [4.69, 9.17) is 21.3 Å². The van der Waals surface area contributed by atoms with E-state index in [1.807, 2.05) is 52.8 Å². The average Bonchev–Trinajstić information content (AvgIpc) is 2.52. The van der Waals surface area contributed by atoms with Crippen LogP contribution in [0.1, 0.15) is 40.3 Å². The molecule has 0 amide bonds. The Labute approximate surface area is 166 Å². The van der Waals surface area contributed by atoms with Gasteiger partial charge in [-0.3, -0.25) is 9.78 Å². The third-order valence-corrected chi connectivity index (χ3v) is 4.90. The van der Waals surface area contributed by atoms with Crippen molar-refractivity contribution in [2.45, 2.75) is 45.6 Å². The number of halogens is 2. The van der Waals surface area contributed by atoms with Crippen LogP contribution in [0.3, 0.4) is 0 Å². The van der Waals surface area contributed by atoms with Crippen molar-refractivity contribution < 1.29 is 9.53 Å². The Balaban J connectivity index is 2.33. The van der Waals surface area contributed by atoms with E-state index >= 15 is 0 Å². The fourth-order valence-electron chi connectivity index (χ4n) is 2.86. The number of pyridine rings is 2. The summed E-state index contributed by atoms with van der Waals surface area (Å²) in [5.74, 6) is -0.318. The lowest BCUT2D eigenvalue weighted by atomic mass is 9.85. The molecular formula is C20H20BrClN2O2. The molecule has 0 fully saturated rings. The Morgan fingerprint density at radius 2 is 1.81 bits per heavy atom. The molecule has 0 N–H and O–H groups in total. The highest BCUT2D eigenvalue weighted by Crippen LogP contribution is 2.37. The number of hydrogen-bond donors (Lipinski definition) is 0. The summed E-state index contributed by atoms with van der Waals surface area (Å²) >= 11 is 9.86. The summed E-state index contributed by atoms with van der Waals surface area (Å²) in [5.41, 5.74) is -0.146. The maximum Gasteiger partial charge on any atom is 0.318 e. The predicted octanol–water partition coefficient (Wildman–Crippen LogP) is 5.82. The molecule has 0 aliphatic rings. The fourth-order valence-corrected chi connectivity index (χ4v) is 3.47. The zero-order valence-corrected chi connectivity index (χ0v) is 17.7. The zero-order valence-electron chi connectivity index (χ0n) is 15.4. The molecule has 0 unspecified atom stereocenters. The molecule has 26 heavy (non-hydrogen) atoms. The third-order valence-electron chi connectivity index (χ3n) is 4.12. The van der Waals surface area contributed by atoms with E-state index < -0.39 is 11.0 Å². The Hall–Kier alpha value is -1.72. The Kier molecular flexibility index (Phi) is 4.74. The van der Waals surface area contributed by atoms with Crippen molar-refractivity contribution >= 4 is 55.2 Å². The van der Waals surface area contributed by atoms with Crippen molar-refractivity contribution in [1.82, 2.24) is 9.97 Å². The summed E-state index contributed by atoms with van der Waals surface area (Å²) in [7, 11) is 0. The van der Waals surface area contributed by atoms with Gasteiger partial charge in [0.2, 0.25) is 0 Å². The van der Waals surface area contributed by atoms with Gasteiger partial charge < -0.3 is 4.74 Å². The summed E-state index contributed by atoms with van der Waals surface area (Å²) in [6.45, 7) is 9.24. The minimum absolute atomic E-state index is 0.318. The Morgan fingerprint density at radius 3 is 2.46 bits per heavy atom. The van der Waals surface area contributed by atoms with Crippen LogP contribution in [0.2, 0.25) is 5.15 Å². The smallest absolute Gasteiger partial charge is 0.318 e. The first-order chi connectivity index (χ1) is 12.0. The van der Waals surface area contributed by atoms with E-state index in [0.29, 0.717) is 16.4 Å². The molecule has 3 aromatic rings. The molecule has 136 valence electrons. The minimum atomic E-state index is -0.927. The second-order valence-corrected chi connectivity index (χ2v) is 9.05. The number of carbonyl (C=O) groups excluding carboxylic acids is 1. The number of esters is 1. The molecule has 3 rings (SSSR count). The van der Waals surface area contributed by atoms with E-state index in [0.717, 1.165) is 20.6 Å². The van der Waals surface area contributed by atoms with Crippen molar-refractivity contribution in [3.8, 4) is 0 Å². The molecule has 0 saturated heterocycles. The highest BCUT2D eigenvalue weighted by molar-refractivity contribution is 9.10. The number of aromatic nitrogens is 2. The van der Waals surface area contributed by atoms with Crippen LogP contribution in [0.25, 0.3) is 21.7 Å². The molecular weight excluding hydrogens is 416 g/mol. The lowest BCUT2D eigenvalue weighted by molar-refractivity contribution is -0.160. The van der Waals surface area contributed by atoms with Crippen molar-refractivity contribution in [1.29, 1.82) is 0 Å². The van der Waals surface area contributed by atoms with Gasteiger partial charge in [-0.05, 0) is 58.2 Å². The topological polar surface area (TPSA) is 52.1 Å². The molecule has 0 radical (unpaired) electrons. The van der Waals surface area contributed by atoms with Crippen LogP contribution in [0.5, 0.6) is 0 Å². The van der Waals surface area contributed by atoms with Crippen LogP contribution in [0.15, 0.2) is 34.9 Å². The summed E-state index contributed by atoms with van der Waals surface area (Å²) in [6, 6.07) is 7.64. The number of ether oxygens (including phenoxy) is 1. The molecule has 0 bridgehead atoms. The molecule has 0 spiro atoms. The second kappa shape index (κ2) is 6.46. The number of carbonyl (C=O) groups is 1. The van der Waals surface area contributed by atoms with Gasteiger partial charge in [0.05, 0.1) is 11.2 Å². The molecule has 2 heterocycles. The van der Waals surface area contributed by atoms with Gasteiger partial charge in [0.1, 0.15) is 16.2 Å². The molecule has 0 atom stereocenters. The van der Waals surface area contributed by atoms with Crippen LogP contribution in [-0.2, 0) is 14.9 Å². The van der Waals surface area contributed by atoms with Crippen LogP contribution in [0.4, 0.5) is 0 Å². The third kappa shape index (κ3) is 3.42. The van der Waals surface area contributed by atoms with E-state index in [2.05, 4.69) is 20.9 Å². The fraction of sp³-hybridized carbons (Fsp3) is 0.350. The Bertz CT molecular complexity index is 1030. The summed E-state index contributed by atoms with van der Waals surface area (Å²) in [5, 5.41) is 2.91.